The van der Waals surface area contributed by atoms with Crippen LogP contribution in [0.25, 0.3) is 0 Å². The molecule has 0 heterocycles. The lowest BCUT2D eigenvalue weighted by Crippen LogP contribution is -2.55. The first-order valence-corrected chi connectivity index (χ1v) is 10.5. The molecule has 3 rings (SSSR count). The molecule has 0 spiro atoms. The predicted molar refractivity (Wildman–Crippen MR) is 87.6 cm³/mol. The van der Waals surface area contributed by atoms with Gasteiger partial charge < -0.3 is 5.11 Å². The van der Waals surface area contributed by atoms with Crippen LogP contribution in [-0.2, 0) is 14.8 Å². The van der Waals surface area contributed by atoms with Gasteiger partial charge in [0.1, 0.15) is 0 Å². The zero-order chi connectivity index (χ0) is 16.4. The van der Waals surface area contributed by atoms with E-state index in [2.05, 4.69) is 4.72 Å². The molecule has 3 aliphatic carbocycles. The van der Waals surface area contributed by atoms with Crippen LogP contribution in [0.1, 0.15) is 51.4 Å². The van der Waals surface area contributed by atoms with E-state index >= 15 is 0 Å². The quantitative estimate of drug-likeness (QED) is 0.626. The molecule has 3 saturated carbocycles. The Hall–Kier alpha value is -0.660. The molecule has 2 N–H and O–H groups in total. The summed E-state index contributed by atoms with van der Waals surface area (Å²) < 4.78 is 27.0. The maximum atomic E-state index is 12.1. The maximum absolute atomic E-state index is 12.1. The van der Waals surface area contributed by atoms with E-state index in [0.717, 1.165) is 25.8 Å². The average molecular weight is 344 g/mol. The van der Waals surface area contributed by atoms with Crippen molar-refractivity contribution in [3.05, 3.63) is 0 Å². The van der Waals surface area contributed by atoms with Gasteiger partial charge in [-0.1, -0.05) is 19.3 Å². The number of aliphatic carboxylic acids is 1. The lowest BCUT2D eigenvalue weighted by Gasteiger charge is -2.42. The summed E-state index contributed by atoms with van der Waals surface area (Å²) in [4.78, 5) is 13.0. The minimum Gasteiger partial charge on any atom is -0.480 e. The summed E-state index contributed by atoms with van der Waals surface area (Å²) in [6.07, 6.45) is 8.23. The summed E-state index contributed by atoms with van der Waals surface area (Å²) >= 11 is 0. The number of nitrogens with zero attached hydrogens (tertiary/aromatic N) is 1. The molecule has 0 unspecified atom stereocenters. The van der Waals surface area contributed by atoms with Crippen LogP contribution < -0.4 is 4.72 Å². The molecular weight excluding hydrogens is 316 g/mol. The van der Waals surface area contributed by atoms with Gasteiger partial charge in [-0.05, 0) is 43.9 Å². The van der Waals surface area contributed by atoms with E-state index in [1.165, 1.54) is 32.1 Å². The normalized spacial score (nSPS) is 28.4. The molecule has 0 atom stereocenters. The number of carboxylic acid groups (broad SMARTS) is 1. The highest BCUT2D eigenvalue weighted by Crippen LogP contribution is 2.34. The van der Waals surface area contributed by atoms with Crippen LogP contribution >= 0.6 is 0 Å². The first-order valence-electron chi connectivity index (χ1n) is 8.87. The van der Waals surface area contributed by atoms with Crippen molar-refractivity contribution in [2.24, 2.45) is 11.8 Å². The molecular formula is C16H28N2O4S. The highest BCUT2D eigenvalue weighted by Gasteiger charge is 2.38. The molecule has 0 aromatic heterocycles. The standard InChI is InChI=1S/C16H28N2O4S/c19-16(20)11-18(10-13-4-5-13)15-8-14(9-15)17-23(21,22)7-6-12-2-1-3-12/h12-15,17H,1-11H2,(H,19,20). The first kappa shape index (κ1) is 17.2. The Labute approximate surface area is 138 Å². The number of hydrogen-bond donors (Lipinski definition) is 2. The van der Waals surface area contributed by atoms with Crippen LogP contribution in [0.3, 0.4) is 0 Å². The summed E-state index contributed by atoms with van der Waals surface area (Å²) in [7, 11) is -3.18. The van der Waals surface area contributed by atoms with Gasteiger partial charge in [0.05, 0.1) is 12.3 Å². The fraction of sp³-hybridized carbons (Fsp3) is 0.938. The van der Waals surface area contributed by atoms with Crippen molar-refractivity contribution in [2.45, 2.75) is 63.5 Å². The zero-order valence-electron chi connectivity index (χ0n) is 13.6. The second kappa shape index (κ2) is 7.07. The Morgan fingerprint density at radius 2 is 1.83 bits per heavy atom. The average Bonchev–Trinajstić information content (AvgIpc) is 3.13. The number of nitrogens with one attached hydrogen (secondary N) is 1. The van der Waals surface area contributed by atoms with Crippen LogP contribution in [0.15, 0.2) is 0 Å². The van der Waals surface area contributed by atoms with Crippen molar-refractivity contribution in [1.82, 2.24) is 9.62 Å². The van der Waals surface area contributed by atoms with Crippen molar-refractivity contribution in [3.63, 3.8) is 0 Å². The van der Waals surface area contributed by atoms with Gasteiger partial charge in [-0.3, -0.25) is 9.69 Å². The molecule has 3 fully saturated rings. The number of sulfonamides is 1. The summed E-state index contributed by atoms with van der Waals surface area (Å²) in [5, 5.41) is 9.04. The molecule has 0 radical (unpaired) electrons. The monoisotopic (exact) mass is 344 g/mol. The minimum atomic E-state index is -3.18. The highest BCUT2D eigenvalue weighted by molar-refractivity contribution is 7.89. The van der Waals surface area contributed by atoms with Gasteiger partial charge in [-0.25, -0.2) is 13.1 Å². The Morgan fingerprint density at radius 3 is 2.35 bits per heavy atom. The largest absolute Gasteiger partial charge is 0.480 e. The lowest BCUT2D eigenvalue weighted by atomic mass is 9.84. The molecule has 0 aromatic carbocycles. The van der Waals surface area contributed by atoms with Crippen LogP contribution in [0.4, 0.5) is 0 Å². The number of carbonyl (C=O) groups is 1. The van der Waals surface area contributed by atoms with Gasteiger partial charge in [0.15, 0.2) is 0 Å². The van der Waals surface area contributed by atoms with Crippen molar-refractivity contribution in [1.29, 1.82) is 0 Å². The Bertz CT molecular complexity index is 522. The zero-order valence-corrected chi connectivity index (χ0v) is 14.4. The fourth-order valence-corrected chi connectivity index (χ4v) is 5.01. The highest BCUT2D eigenvalue weighted by atomic mass is 32.2. The Kier molecular flexibility index (Phi) is 5.28. The molecule has 3 aliphatic rings. The molecule has 0 saturated heterocycles. The van der Waals surface area contributed by atoms with Crippen LogP contribution in [0.2, 0.25) is 0 Å². The van der Waals surface area contributed by atoms with Gasteiger partial charge >= 0.3 is 5.97 Å². The van der Waals surface area contributed by atoms with Gasteiger partial charge in [0, 0.05) is 18.6 Å². The molecule has 23 heavy (non-hydrogen) atoms. The van der Waals surface area contributed by atoms with Crippen molar-refractivity contribution in [3.8, 4) is 0 Å². The van der Waals surface area contributed by atoms with Crippen LogP contribution in [0.5, 0.6) is 0 Å². The van der Waals surface area contributed by atoms with Gasteiger partial charge in [-0.15, -0.1) is 0 Å². The smallest absolute Gasteiger partial charge is 0.317 e. The van der Waals surface area contributed by atoms with Crippen LogP contribution in [-0.4, -0.2) is 55.3 Å². The Balaban J connectivity index is 1.40. The lowest BCUT2D eigenvalue weighted by molar-refractivity contribution is -0.139. The van der Waals surface area contributed by atoms with E-state index in [0.29, 0.717) is 11.8 Å². The third kappa shape index (κ3) is 5.16. The van der Waals surface area contributed by atoms with E-state index in [1.807, 2.05) is 4.90 Å². The molecule has 7 heteroatoms. The van der Waals surface area contributed by atoms with E-state index in [9.17, 15) is 13.2 Å². The second-order valence-electron chi connectivity index (χ2n) is 7.61. The number of hydrogen-bond acceptors (Lipinski definition) is 4. The predicted octanol–water partition coefficient (Wildman–Crippen LogP) is 1.42. The number of carboxylic acids is 1. The van der Waals surface area contributed by atoms with Gasteiger partial charge in [0.25, 0.3) is 0 Å². The van der Waals surface area contributed by atoms with Gasteiger partial charge in [0.2, 0.25) is 10.0 Å². The van der Waals surface area contributed by atoms with E-state index in [-0.39, 0.29) is 24.4 Å². The SMILES string of the molecule is O=C(O)CN(CC1CC1)C1CC(NS(=O)(=O)CCC2CCC2)C1. The van der Waals surface area contributed by atoms with Crippen molar-refractivity contribution in [2.75, 3.05) is 18.8 Å². The fourth-order valence-electron chi connectivity index (χ4n) is 3.55. The molecule has 0 bridgehead atoms. The Morgan fingerprint density at radius 1 is 1.13 bits per heavy atom. The molecule has 0 amide bonds. The summed E-state index contributed by atoms with van der Waals surface area (Å²) in [5.74, 6) is 0.688. The third-order valence-electron chi connectivity index (χ3n) is 5.52. The van der Waals surface area contributed by atoms with Crippen molar-refractivity contribution < 1.29 is 18.3 Å². The summed E-state index contributed by atoms with van der Waals surface area (Å²) in [6, 6.07) is 0.202. The minimum absolute atomic E-state index is 0.0121. The molecule has 132 valence electrons. The summed E-state index contributed by atoms with van der Waals surface area (Å²) in [5.41, 5.74) is 0. The third-order valence-corrected chi connectivity index (χ3v) is 6.99. The van der Waals surface area contributed by atoms with Gasteiger partial charge in [-0.2, -0.15) is 0 Å². The van der Waals surface area contributed by atoms with E-state index < -0.39 is 16.0 Å². The van der Waals surface area contributed by atoms with Crippen molar-refractivity contribution >= 4 is 16.0 Å². The molecule has 0 aliphatic heterocycles. The topological polar surface area (TPSA) is 86.7 Å². The molecule has 6 nitrogen and oxygen atoms in total. The first-order chi connectivity index (χ1) is 10.9. The number of rotatable bonds is 10. The van der Waals surface area contributed by atoms with E-state index in [4.69, 9.17) is 5.11 Å². The van der Waals surface area contributed by atoms with E-state index in [1.54, 1.807) is 0 Å². The maximum Gasteiger partial charge on any atom is 0.317 e. The summed E-state index contributed by atoms with van der Waals surface area (Å²) in [6.45, 7) is 0.917. The van der Waals surface area contributed by atoms with Crippen LogP contribution in [0, 0.1) is 11.8 Å². The molecule has 0 aromatic rings. The second-order valence-corrected chi connectivity index (χ2v) is 9.48.